The number of pyridine rings is 1. The van der Waals surface area contributed by atoms with Gasteiger partial charge in [0.2, 0.25) is 0 Å². The van der Waals surface area contributed by atoms with E-state index in [1.54, 1.807) is 6.07 Å². The first-order chi connectivity index (χ1) is 9.08. The average molecular weight is 261 g/mol. The first-order valence-electron chi connectivity index (χ1n) is 5.42. The van der Waals surface area contributed by atoms with Gasteiger partial charge in [-0.3, -0.25) is 9.59 Å². The van der Waals surface area contributed by atoms with Crippen molar-refractivity contribution in [2.75, 3.05) is 0 Å². The average Bonchev–Trinajstić information content (AvgIpc) is 2.92. The maximum absolute atomic E-state index is 11.7. The standard InChI is InChI=1S/C11H11N5O3/c1-7(11(18)19)15-10(17)8-2-3-9(13-4-8)16-6-12-5-14-16/h2-7H,1H3,(H,15,17)(H,18,19). The SMILES string of the molecule is CC(NC(=O)c1ccc(-n2cncn2)nc1)C(=O)O. The second kappa shape index (κ2) is 5.25. The molecule has 0 aliphatic carbocycles. The minimum absolute atomic E-state index is 0.275. The van der Waals surface area contributed by atoms with Crippen molar-refractivity contribution >= 4 is 11.9 Å². The Balaban J connectivity index is 2.10. The van der Waals surface area contributed by atoms with Crippen molar-refractivity contribution < 1.29 is 14.7 Å². The molecule has 1 unspecified atom stereocenters. The first kappa shape index (κ1) is 12.7. The molecule has 8 heteroatoms. The van der Waals surface area contributed by atoms with E-state index in [2.05, 4.69) is 20.4 Å². The number of hydrogen-bond acceptors (Lipinski definition) is 5. The van der Waals surface area contributed by atoms with Crippen molar-refractivity contribution in [3.05, 3.63) is 36.5 Å². The van der Waals surface area contributed by atoms with Gasteiger partial charge >= 0.3 is 5.97 Å². The van der Waals surface area contributed by atoms with E-state index in [9.17, 15) is 9.59 Å². The summed E-state index contributed by atoms with van der Waals surface area (Å²) >= 11 is 0. The van der Waals surface area contributed by atoms with E-state index in [4.69, 9.17) is 5.11 Å². The Hall–Kier alpha value is -2.77. The Morgan fingerprint density at radius 1 is 1.42 bits per heavy atom. The van der Waals surface area contributed by atoms with Gasteiger partial charge in [0.1, 0.15) is 18.7 Å². The lowest BCUT2D eigenvalue weighted by atomic mass is 10.2. The van der Waals surface area contributed by atoms with Crippen LogP contribution in [0.1, 0.15) is 17.3 Å². The van der Waals surface area contributed by atoms with E-state index in [1.807, 2.05) is 0 Å². The highest BCUT2D eigenvalue weighted by Gasteiger charge is 2.15. The molecule has 0 aromatic carbocycles. The van der Waals surface area contributed by atoms with E-state index in [-0.39, 0.29) is 5.56 Å². The lowest BCUT2D eigenvalue weighted by molar-refractivity contribution is -0.138. The minimum Gasteiger partial charge on any atom is -0.480 e. The van der Waals surface area contributed by atoms with Crippen LogP contribution in [-0.2, 0) is 4.79 Å². The zero-order valence-electron chi connectivity index (χ0n) is 10.0. The van der Waals surface area contributed by atoms with Crippen LogP contribution < -0.4 is 5.32 Å². The van der Waals surface area contributed by atoms with Crippen molar-refractivity contribution in [1.82, 2.24) is 25.1 Å². The molecule has 0 fully saturated rings. The zero-order valence-corrected chi connectivity index (χ0v) is 10.0. The topological polar surface area (TPSA) is 110 Å². The summed E-state index contributed by atoms with van der Waals surface area (Å²) in [6, 6.07) is 2.17. The quantitative estimate of drug-likeness (QED) is 0.793. The number of aromatic nitrogens is 4. The van der Waals surface area contributed by atoms with Gasteiger partial charge in [0.15, 0.2) is 5.82 Å². The van der Waals surface area contributed by atoms with Gasteiger partial charge in [-0.05, 0) is 19.1 Å². The van der Waals surface area contributed by atoms with Crippen LogP contribution in [0.15, 0.2) is 31.0 Å². The molecule has 1 amide bonds. The number of nitrogens with one attached hydrogen (secondary N) is 1. The van der Waals surface area contributed by atoms with E-state index in [0.29, 0.717) is 5.82 Å². The van der Waals surface area contributed by atoms with Crippen molar-refractivity contribution in [2.45, 2.75) is 13.0 Å². The number of carboxylic acid groups (broad SMARTS) is 1. The highest BCUT2D eigenvalue weighted by molar-refractivity contribution is 5.96. The fourth-order valence-corrected chi connectivity index (χ4v) is 1.32. The molecule has 2 aromatic rings. The van der Waals surface area contributed by atoms with E-state index in [0.717, 1.165) is 0 Å². The summed E-state index contributed by atoms with van der Waals surface area (Å²) in [6.07, 6.45) is 4.20. The summed E-state index contributed by atoms with van der Waals surface area (Å²) in [5.41, 5.74) is 0.275. The normalized spacial score (nSPS) is 11.8. The Morgan fingerprint density at radius 3 is 2.74 bits per heavy atom. The minimum atomic E-state index is -1.10. The van der Waals surface area contributed by atoms with Crippen LogP contribution >= 0.6 is 0 Å². The summed E-state index contributed by atoms with van der Waals surface area (Å²) in [5, 5.41) is 14.9. The molecule has 0 bridgehead atoms. The third-order valence-electron chi connectivity index (χ3n) is 2.38. The molecular weight excluding hydrogens is 250 g/mol. The number of carbonyl (C=O) groups is 2. The van der Waals surface area contributed by atoms with Crippen molar-refractivity contribution in [2.24, 2.45) is 0 Å². The van der Waals surface area contributed by atoms with Gasteiger partial charge < -0.3 is 10.4 Å². The maximum atomic E-state index is 11.7. The number of rotatable bonds is 4. The monoisotopic (exact) mass is 261 g/mol. The smallest absolute Gasteiger partial charge is 0.325 e. The molecule has 2 heterocycles. The van der Waals surface area contributed by atoms with Gasteiger partial charge in [-0.2, -0.15) is 5.10 Å². The van der Waals surface area contributed by atoms with Gasteiger partial charge in [-0.25, -0.2) is 14.6 Å². The van der Waals surface area contributed by atoms with Gasteiger partial charge in [0, 0.05) is 6.20 Å². The molecule has 2 N–H and O–H groups in total. The molecule has 1 atom stereocenters. The van der Waals surface area contributed by atoms with Crippen LogP contribution in [0.3, 0.4) is 0 Å². The predicted molar refractivity (Wildman–Crippen MR) is 63.7 cm³/mol. The molecule has 0 aliphatic heterocycles. The van der Waals surface area contributed by atoms with Crippen molar-refractivity contribution in [1.29, 1.82) is 0 Å². The molecule has 0 saturated heterocycles. The van der Waals surface area contributed by atoms with Crippen LogP contribution in [0, 0.1) is 0 Å². The molecule has 0 spiro atoms. The van der Waals surface area contributed by atoms with Crippen molar-refractivity contribution in [3.63, 3.8) is 0 Å². The fraction of sp³-hybridized carbons (Fsp3) is 0.182. The molecule has 0 aliphatic rings. The Morgan fingerprint density at radius 2 is 2.21 bits per heavy atom. The molecule has 19 heavy (non-hydrogen) atoms. The van der Waals surface area contributed by atoms with Crippen LogP contribution in [0.4, 0.5) is 0 Å². The first-order valence-corrected chi connectivity index (χ1v) is 5.42. The molecule has 2 rings (SSSR count). The second-order valence-corrected chi connectivity index (χ2v) is 3.78. The highest BCUT2D eigenvalue weighted by atomic mass is 16.4. The number of nitrogens with zero attached hydrogens (tertiary/aromatic N) is 4. The lowest BCUT2D eigenvalue weighted by Gasteiger charge is -2.09. The Kier molecular flexibility index (Phi) is 3.51. The number of hydrogen-bond donors (Lipinski definition) is 2. The number of carbonyl (C=O) groups excluding carboxylic acids is 1. The van der Waals surface area contributed by atoms with Gasteiger partial charge in [0.25, 0.3) is 5.91 Å². The fourth-order valence-electron chi connectivity index (χ4n) is 1.32. The third kappa shape index (κ3) is 2.92. The summed E-state index contributed by atoms with van der Waals surface area (Å²) in [6.45, 7) is 1.39. The van der Waals surface area contributed by atoms with Crippen molar-refractivity contribution in [3.8, 4) is 5.82 Å². The number of amides is 1. The van der Waals surface area contributed by atoms with E-state index >= 15 is 0 Å². The number of aliphatic carboxylic acids is 1. The highest BCUT2D eigenvalue weighted by Crippen LogP contribution is 2.04. The third-order valence-corrected chi connectivity index (χ3v) is 2.38. The molecule has 2 aromatic heterocycles. The summed E-state index contributed by atoms with van der Waals surface area (Å²) in [7, 11) is 0. The second-order valence-electron chi connectivity index (χ2n) is 3.78. The predicted octanol–water partition coefficient (Wildman–Crippen LogP) is -0.135. The van der Waals surface area contributed by atoms with Crippen LogP contribution in [0.25, 0.3) is 5.82 Å². The molecule has 8 nitrogen and oxygen atoms in total. The van der Waals surface area contributed by atoms with Gasteiger partial charge in [-0.1, -0.05) is 0 Å². The summed E-state index contributed by atoms with van der Waals surface area (Å²) < 4.78 is 1.45. The summed E-state index contributed by atoms with van der Waals surface area (Å²) in [5.74, 6) is -1.08. The van der Waals surface area contributed by atoms with Crippen LogP contribution in [0.2, 0.25) is 0 Å². The maximum Gasteiger partial charge on any atom is 0.325 e. The van der Waals surface area contributed by atoms with Crippen LogP contribution in [-0.4, -0.2) is 42.8 Å². The number of carboxylic acids is 1. The van der Waals surface area contributed by atoms with Crippen LogP contribution in [0.5, 0.6) is 0 Å². The van der Waals surface area contributed by atoms with E-state index in [1.165, 1.54) is 36.5 Å². The zero-order chi connectivity index (χ0) is 13.8. The Bertz CT molecular complexity index is 579. The molecule has 0 radical (unpaired) electrons. The largest absolute Gasteiger partial charge is 0.480 e. The molecular formula is C11H11N5O3. The van der Waals surface area contributed by atoms with Gasteiger partial charge in [-0.15, -0.1) is 0 Å². The molecule has 0 saturated carbocycles. The Labute approximate surface area is 108 Å². The molecule has 98 valence electrons. The van der Waals surface area contributed by atoms with E-state index < -0.39 is 17.9 Å². The lowest BCUT2D eigenvalue weighted by Crippen LogP contribution is -2.38. The van der Waals surface area contributed by atoms with Gasteiger partial charge in [0.05, 0.1) is 5.56 Å². The summed E-state index contributed by atoms with van der Waals surface area (Å²) in [4.78, 5) is 30.2.